The van der Waals surface area contributed by atoms with E-state index in [-0.39, 0.29) is 44.3 Å². The van der Waals surface area contributed by atoms with Crippen molar-refractivity contribution in [2.75, 3.05) is 79.5 Å². The average molecular weight is 600 g/mol. The van der Waals surface area contributed by atoms with Crippen molar-refractivity contribution >= 4 is 29.1 Å². The number of hydrogen-bond donors (Lipinski definition) is 2. The normalized spacial score (nSPS) is 16.3. The topological polar surface area (TPSA) is 101 Å². The predicted octanol–water partition coefficient (Wildman–Crippen LogP) is 3.22. The minimum atomic E-state index is -0.192. The van der Waals surface area contributed by atoms with E-state index >= 15 is 0 Å². The highest BCUT2D eigenvalue weighted by Crippen LogP contribution is 2.27. The summed E-state index contributed by atoms with van der Waals surface area (Å²) in [7, 11) is 1.83. The summed E-state index contributed by atoms with van der Waals surface area (Å²) in [5, 5.41) is 18.6. The number of rotatable bonds is 18. The predicted molar refractivity (Wildman–Crippen MR) is 154 cm³/mol. The van der Waals surface area contributed by atoms with E-state index in [1.807, 2.05) is 37.4 Å². The molecule has 1 heterocycles. The molecule has 0 aromatic heterocycles. The number of carbonyl (C=O) groups is 1. The molecule has 222 valence electrons. The van der Waals surface area contributed by atoms with Crippen LogP contribution in [0, 0.1) is 0 Å². The van der Waals surface area contributed by atoms with Crippen LogP contribution in [0.2, 0.25) is 10.0 Å². The van der Waals surface area contributed by atoms with Crippen LogP contribution in [0.5, 0.6) is 5.75 Å². The lowest BCUT2D eigenvalue weighted by atomic mass is 10.0. The first-order chi connectivity index (χ1) is 19.4. The van der Waals surface area contributed by atoms with E-state index < -0.39 is 0 Å². The summed E-state index contributed by atoms with van der Waals surface area (Å²) in [4.78, 5) is 17.5. The van der Waals surface area contributed by atoms with Gasteiger partial charge in [-0.3, -0.25) is 9.69 Å². The van der Waals surface area contributed by atoms with Gasteiger partial charge in [-0.2, -0.15) is 0 Å². The van der Waals surface area contributed by atoms with Crippen LogP contribution < -0.4 is 4.74 Å². The van der Waals surface area contributed by atoms with Crippen molar-refractivity contribution in [1.29, 1.82) is 0 Å². The Kier molecular flexibility index (Phi) is 14.5. The zero-order chi connectivity index (χ0) is 28.7. The van der Waals surface area contributed by atoms with E-state index in [9.17, 15) is 4.79 Å². The van der Waals surface area contributed by atoms with E-state index in [1.54, 1.807) is 17.0 Å². The standard InChI is InChI=1S/C29H40Cl2N2O7/c1-32(29(36)19-22-2-7-26(30)27(31)18-22)28(23-3-5-24(6-4-23)39-13-11-35)21-33-9-8-25(20-33)40-17-16-38-15-14-37-12-10-34/h2-7,18,25,28,34-35H,8-17,19-21H2,1H3. The van der Waals surface area contributed by atoms with Gasteiger partial charge in [0.1, 0.15) is 12.4 Å². The molecule has 11 heteroatoms. The maximum atomic E-state index is 13.4. The minimum absolute atomic E-state index is 0.00761. The Morgan fingerprint density at radius 2 is 1.68 bits per heavy atom. The van der Waals surface area contributed by atoms with Gasteiger partial charge in [0.15, 0.2) is 0 Å². The first kappa shape index (κ1) is 32.6. The number of halogens is 2. The van der Waals surface area contributed by atoms with Gasteiger partial charge in [-0.1, -0.05) is 41.4 Å². The van der Waals surface area contributed by atoms with Gasteiger partial charge < -0.3 is 34.1 Å². The molecule has 9 nitrogen and oxygen atoms in total. The number of amides is 1. The monoisotopic (exact) mass is 598 g/mol. The summed E-state index contributed by atoms with van der Waals surface area (Å²) in [6, 6.07) is 12.7. The zero-order valence-electron chi connectivity index (χ0n) is 23.0. The van der Waals surface area contributed by atoms with Crippen LogP contribution in [0.1, 0.15) is 23.6 Å². The third-order valence-corrected chi connectivity index (χ3v) is 7.41. The van der Waals surface area contributed by atoms with E-state index in [1.165, 1.54) is 0 Å². The molecule has 2 unspecified atom stereocenters. The molecule has 1 aliphatic rings. The SMILES string of the molecule is CN(C(=O)Cc1ccc(Cl)c(Cl)c1)C(CN1CCC(OCCOCCOCCO)C1)c1ccc(OCCO)cc1. The van der Waals surface area contributed by atoms with Gasteiger partial charge in [-0.15, -0.1) is 0 Å². The number of hydrogen-bond acceptors (Lipinski definition) is 8. The first-order valence-corrected chi connectivity index (χ1v) is 14.3. The lowest BCUT2D eigenvalue weighted by molar-refractivity contribution is -0.131. The van der Waals surface area contributed by atoms with Crippen molar-refractivity contribution in [1.82, 2.24) is 9.80 Å². The molecule has 3 rings (SSSR count). The maximum absolute atomic E-state index is 13.4. The fourth-order valence-electron chi connectivity index (χ4n) is 4.53. The Labute approximate surface area is 246 Å². The highest BCUT2D eigenvalue weighted by molar-refractivity contribution is 6.42. The number of aliphatic hydroxyl groups excluding tert-OH is 2. The van der Waals surface area contributed by atoms with E-state index in [4.69, 9.17) is 52.4 Å². The van der Waals surface area contributed by atoms with Crippen LogP contribution >= 0.6 is 23.2 Å². The zero-order valence-corrected chi connectivity index (χ0v) is 24.5. The summed E-state index contributed by atoms with van der Waals surface area (Å²) < 4.78 is 22.2. The Morgan fingerprint density at radius 3 is 2.38 bits per heavy atom. The minimum Gasteiger partial charge on any atom is -0.491 e. The van der Waals surface area contributed by atoms with Crippen molar-refractivity contribution in [3.63, 3.8) is 0 Å². The van der Waals surface area contributed by atoms with Crippen LogP contribution in [0.4, 0.5) is 0 Å². The lowest BCUT2D eigenvalue weighted by Gasteiger charge is -2.32. The highest BCUT2D eigenvalue weighted by atomic mass is 35.5. The van der Waals surface area contributed by atoms with E-state index in [2.05, 4.69) is 4.90 Å². The van der Waals surface area contributed by atoms with Crippen molar-refractivity contribution < 1.29 is 34.0 Å². The summed E-state index contributed by atoms with van der Waals surface area (Å²) in [6.45, 7) is 4.68. The smallest absolute Gasteiger partial charge is 0.227 e. The molecular weight excluding hydrogens is 559 g/mol. The second kappa shape index (κ2) is 17.8. The van der Waals surface area contributed by atoms with Crippen LogP contribution in [0.3, 0.4) is 0 Å². The summed E-state index contributed by atoms with van der Waals surface area (Å²) in [5.41, 5.74) is 1.79. The van der Waals surface area contributed by atoms with Gasteiger partial charge in [0.25, 0.3) is 0 Å². The van der Waals surface area contributed by atoms with Crippen molar-refractivity contribution in [2.45, 2.75) is 25.0 Å². The van der Waals surface area contributed by atoms with Crippen molar-refractivity contribution in [2.24, 2.45) is 0 Å². The summed E-state index contributed by atoms with van der Waals surface area (Å²) in [5.74, 6) is 0.634. The van der Waals surface area contributed by atoms with Crippen molar-refractivity contribution in [3.8, 4) is 5.75 Å². The molecule has 2 N–H and O–H groups in total. The summed E-state index contributed by atoms with van der Waals surface area (Å²) in [6.07, 6.45) is 1.21. The van der Waals surface area contributed by atoms with Gasteiger partial charge in [0.2, 0.25) is 5.91 Å². The molecule has 0 bridgehead atoms. The fourth-order valence-corrected chi connectivity index (χ4v) is 4.85. The molecule has 2 aromatic carbocycles. The molecule has 0 aliphatic carbocycles. The number of aliphatic hydroxyl groups is 2. The molecule has 1 fully saturated rings. The quantitative estimate of drug-likeness (QED) is 0.252. The Hall–Kier alpha value is -1.95. The van der Waals surface area contributed by atoms with Crippen LogP contribution in [0.25, 0.3) is 0 Å². The van der Waals surface area contributed by atoms with Gasteiger partial charge >= 0.3 is 0 Å². The molecule has 0 spiro atoms. The van der Waals surface area contributed by atoms with E-state index in [0.717, 1.165) is 30.6 Å². The molecule has 40 heavy (non-hydrogen) atoms. The second-order valence-corrected chi connectivity index (χ2v) is 10.4. The Bertz CT molecular complexity index is 1030. The molecule has 1 saturated heterocycles. The Morgan fingerprint density at radius 1 is 0.975 bits per heavy atom. The molecule has 1 amide bonds. The number of likely N-dealkylation sites (tertiary alicyclic amines) is 1. The van der Waals surface area contributed by atoms with Gasteiger partial charge in [0.05, 0.1) is 74.9 Å². The maximum Gasteiger partial charge on any atom is 0.227 e. The lowest BCUT2D eigenvalue weighted by Crippen LogP contribution is -2.39. The largest absolute Gasteiger partial charge is 0.491 e. The average Bonchev–Trinajstić information content (AvgIpc) is 3.41. The van der Waals surface area contributed by atoms with Crippen LogP contribution in [0.15, 0.2) is 42.5 Å². The summed E-state index contributed by atoms with van der Waals surface area (Å²) >= 11 is 12.2. The van der Waals surface area contributed by atoms with Gasteiger partial charge in [-0.05, 0) is 41.8 Å². The first-order valence-electron chi connectivity index (χ1n) is 13.5. The van der Waals surface area contributed by atoms with Crippen molar-refractivity contribution in [3.05, 3.63) is 63.6 Å². The number of carbonyl (C=O) groups excluding carboxylic acids is 1. The molecule has 2 aromatic rings. The van der Waals surface area contributed by atoms with E-state index in [0.29, 0.717) is 55.4 Å². The number of likely N-dealkylation sites (N-methyl/N-ethyl adjacent to an activating group) is 1. The number of nitrogens with zero attached hydrogens (tertiary/aromatic N) is 2. The molecule has 0 saturated carbocycles. The third kappa shape index (κ3) is 10.8. The highest BCUT2D eigenvalue weighted by Gasteiger charge is 2.29. The third-order valence-electron chi connectivity index (χ3n) is 6.67. The number of benzene rings is 2. The molecular formula is C29H40Cl2N2O7. The molecule has 1 aliphatic heterocycles. The molecule has 0 radical (unpaired) electrons. The fraction of sp³-hybridized carbons (Fsp3) is 0.552. The van der Waals surface area contributed by atoms with Gasteiger partial charge in [0, 0.05) is 26.7 Å². The number of ether oxygens (including phenoxy) is 4. The molecule has 2 atom stereocenters. The Balaban J connectivity index is 1.58. The van der Waals surface area contributed by atoms with Crippen LogP contribution in [-0.2, 0) is 25.4 Å². The van der Waals surface area contributed by atoms with Gasteiger partial charge in [-0.25, -0.2) is 0 Å². The second-order valence-electron chi connectivity index (χ2n) is 9.58. The van der Waals surface area contributed by atoms with Crippen LogP contribution in [-0.4, -0.2) is 112 Å².